The van der Waals surface area contributed by atoms with Crippen LogP contribution in [0.15, 0.2) is 129 Å². The molecule has 4 nitrogen and oxygen atoms in total. The summed E-state index contributed by atoms with van der Waals surface area (Å²) in [5.74, 6) is 0.913. The highest BCUT2D eigenvalue weighted by Crippen LogP contribution is 2.32. The normalized spacial score (nSPS) is 12.0. The number of ether oxygens (including phenoxy) is 1. The van der Waals surface area contributed by atoms with Crippen LogP contribution in [0.1, 0.15) is 26.3 Å². The Balaban J connectivity index is 0.000000244. The molecule has 4 aromatic rings. The molecule has 0 aliphatic rings. The van der Waals surface area contributed by atoms with Crippen molar-refractivity contribution in [2.75, 3.05) is 0 Å². The van der Waals surface area contributed by atoms with Gasteiger partial charge in [0, 0.05) is 0 Å². The molecule has 0 amide bonds. The van der Waals surface area contributed by atoms with Crippen molar-refractivity contribution in [3.8, 4) is 5.75 Å². The average Bonchev–Trinajstić information content (AvgIpc) is 2.85. The number of halogens is 3. The molecule has 0 N–H and O–H groups in total. The Kier molecular flexibility index (Phi) is 9.30. The van der Waals surface area contributed by atoms with Crippen LogP contribution in [0, 0.1) is 0 Å². The average molecular weight is 561 g/mol. The molecule has 0 spiro atoms. The van der Waals surface area contributed by atoms with Crippen molar-refractivity contribution < 1.29 is 30.9 Å². The lowest BCUT2D eigenvalue weighted by Crippen LogP contribution is -2.22. The van der Waals surface area contributed by atoms with Gasteiger partial charge in [-0.05, 0) is 93.6 Å². The lowest BCUT2D eigenvalue weighted by atomic mass is 10.2. The highest BCUT2D eigenvalue weighted by Gasteiger charge is 2.30. The van der Waals surface area contributed by atoms with E-state index in [0.717, 1.165) is 5.75 Å². The molecule has 9 heteroatoms. The molecule has 0 bridgehead atoms. The van der Waals surface area contributed by atoms with Gasteiger partial charge in [-0.15, -0.1) is 0 Å². The number of hydrogen-bond acceptors (Lipinski definition) is 4. The summed E-state index contributed by atoms with van der Waals surface area (Å²) in [6.07, 6.45) is -4.54. The van der Waals surface area contributed by atoms with Gasteiger partial charge in [-0.3, -0.25) is 0 Å². The topological polar surface area (TPSA) is 66.4 Å². The molecule has 200 valence electrons. The van der Waals surface area contributed by atoms with Crippen molar-refractivity contribution in [2.45, 2.75) is 52.1 Å². The molecular formula is C29H27F3O4S2. The van der Waals surface area contributed by atoms with E-state index in [1.54, 1.807) is 0 Å². The lowest BCUT2D eigenvalue weighted by Gasteiger charge is -2.21. The lowest BCUT2D eigenvalue weighted by molar-refractivity contribution is -0.137. The van der Waals surface area contributed by atoms with Crippen LogP contribution >= 0.6 is 0 Å². The number of hydrogen-bond donors (Lipinski definition) is 0. The van der Waals surface area contributed by atoms with Crippen LogP contribution in [0.4, 0.5) is 13.2 Å². The molecule has 0 saturated carbocycles. The van der Waals surface area contributed by atoms with E-state index >= 15 is 0 Å². The fourth-order valence-corrected chi connectivity index (χ4v) is 5.88. The Hall–Kier alpha value is -3.27. The summed E-state index contributed by atoms with van der Waals surface area (Å²) in [5.41, 5.74) is -1.17. The van der Waals surface area contributed by atoms with E-state index in [2.05, 4.69) is 106 Å². The summed E-state index contributed by atoms with van der Waals surface area (Å²) in [6, 6.07) is 32.2. The summed E-state index contributed by atoms with van der Waals surface area (Å²) < 4.78 is 73.0. The van der Waals surface area contributed by atoms with E-state index in [1.807, 2.05) is 0 Å². The minimum atomic E-state index is -4.68. The van der Waals surface area contributed by atoms with Crippen LogP contribution in [0.5, 0.6) is 5.75 Å². The molecule has 0 unspecified atom stereocenters. The van der Waals surface area contributed by atoms with Crippen LogP contribution in [0.3, 0.4) is 0 Å². The Morgan fingerprint density at radius 3 is 1.45 bits per heavy atom. The van der Waals surface area contributed by atoms with Gasteiger partial charge in [0.15, 0.2) is 14.7 Å². The molecule has 4 rings (SSSR count). The first-order valence-corrected chi connectivity index (χ1v) is 14.1. The first-order valence-electron chi connectivity index (χ1n) is 11.5. The zero-order valence-corrected chi connectivity index (χ0v) is 22.6. The highest BCUT2D eigenvalue weighted by atomic mass is 32.2. The van der Waals surface area contributed by atoms with E-state index in [4.69, 9.17) is 4.74 Å². The summed E-state index contributed by atoms with van der Waals surface area (Å²) in [5, 5.41) is 0. The third-order valence-corrected chi connectivity index (χ3v) is 7.99. The molecule has 0 fully saturated rings. The van der Waals surface area contributed by atoms with Gasteiger partial charge >= 0.3 is 6.18 Å². The second kappa shape index (κ2) is 12.1. The Morgan fingerprint density at radius 1 is 0.658 bits per heavy atom. The van der Waals surface area contributed by atoms with Crippen LogP contribution in [0.25, 0.3) is 0 Å². The second-order valence-electron chi connectivity index (χ2n) is 9.09. The molecule has 0 atom stereocenters. The van der Waals surface area contributed by atoms with Crippen molar-refractivity contribution in [1.29, 1.82) is 0 Å². The summed E-state index contributed by atoms with van der Waals surface area (Å²) >= 11 is 0. The quantitative estimate of drug-likeness (QED) is 0.187. The first-order chi connectivity index (χ1) is 17.7. The maximum absolute atomic E-state index is 12.0. The predicted molar refractivity (Wildman–Crippen MR) is 141 cm³/mol. The fraction of sp³-hybridized carbons (Fsp3) is 0.172. The third-order valence-electron chi connectivity index (χ3n) is 4.91. The van der Waals surface area contributed by atoms with Gasteiger partial charge in [-0.2, -0.15) is 13.2 Å². The van der Waals surface area contributed by atoms with Crippen LogP contribution in [-0.2, 0) is 27.2 Å². The predicted octanol–water partition coefficient (Wildman–Crippen LogP) is 7.57. The smallest absolute Gasteiger partial charge is 0.416 e. The monoisotopic (exact) mass is 560 g/mol. The molecule has 0 aromatic heterocycles. The molecule has 4 aromatic carbocycles. The SMILES string of the molecule is CC(C)(C)Oc1ccc([S+](c2ccccc2)c2ccccc2)cc1.O=S(=O)([O-])c1ccc(C(F)(F)F)cc1. The molecule has 0 radical (unpaired) electrons. The summed E-state index contributed by atoms with van der Waals surface area (Å²) in [4.78, 5) is 3.28. The van der Waals surface area contributed by atoms with E-state index in [1.165, 1.54) is 14.7 Å². The van der Waals surface area contributed by atoms with E-state index in [9.17, 15) is 26.1 Å². The van der Waals surface area contributed by atoms with E-state index in [-0.39, 0.29) is 16.5 Å². The van der Waals surface area contributed by atoms with Gasteiger partial charge < -0.3 is 9.29 Å². The van der Waals surface area contributed by atoms with Crippen molar-refractivity contribution >= 4 is 21.0 Å². The first kappa shape index (κ1) is 29.3. The largest absolute Gasteiger partial charge is 0.744 e. The number of alkyl halides is 3. The molecule has 38 heavy (non-hydrogen) atoms. The van der Waals surface area contributed by atoms with Gasteiger partial charge in [-0.1, -0.05) is 36.4 Å². The molecule has 0 saturated heterocycles. The second-order valence-corrected chi connectivity index (χ2v) is 12.5. The van der Waals surface area contributed by atoms with E-state index in [0.29, 0.717) is 24.3 Å². The maximum atomic E-state index is 12.0. The van der Waals surface area contributed by atoms with Gasteiger partial charge in [0.1, 0.15) is 21.5 Å². The van der Waals surface area contributed by atoms with Crippen LogP contribution < -0.4 is 4.74 Å². The van der Waals surface area contributed by atoms with Crippen molar-refractivity contribution in [3.63, 3.8) is 0 Å². The molecular weight excluding hydrogens is 533 g/mol. The Bertz CT molecular complexity index is 1360. The highest BCUT2D eigenvalue weighted by molar-refractivity contribution is 7.97. The number of rotatable bonds is 5. The molecule has 0 heterocycles. The maximum Gasteiger partial charge on any atom is 0.416 e. The Labute approximate surface area is 224 Å². The van der Waals surface area contributed by atoms with Gasteiger partial charge in [-0.25, -0.2) is 8.42 Å². The van der Waals surface area contributed by atoms with Crippen LogP contribution in [-0.4, -0.2) is 18.6 Å². The molecule has 0 aliphatic carbocycles. The standard InChI is InChI=1S/C22H23OS.C7H5F3O3S/c1-22(2,3)23-18-14-16-21(17-15-18)24(19-10-6-4-7-11-19)20-12-8-5-9-13-20;8-7(9,10)5-1-3-6(4-2-5)14(11,12)13/h4-17H,1-3H3;1-4H,(H,11,12,13)/q+1;/p-1. The summed E-state index contributed by atoms with van der Waals surface area (Å²) in [7, 11) is -4.78. The van der Waals surface area contributed by atoms with Crippen LogP contribution in [0.2, 0.25) is 0 Å². The van der Waals surface area contributed by atoms with Gasteiger partial charge in [0.25, 0.3) is 0 Å². The fourth-order valence-electron chi connectivity index (χ4n) is 3.33. The summed E-state index contributed by atoms with van der Waals surface area (Å²) in [6.45, 7) is 6.21. The zero-order valence-electron chi connectivity index (χ0n) is 21.0. The van der Waals surface area contributed by atoms with E-state index < -0.39 is 26.8 Å². The van der Waals surface area contributed by atoms with Crippen molar-refractivity contribution in [3.05, 3.63) is 115 Å². The minimum Gasteiger partial charge on any atom is -0.744 e. The zero-order chi connectivity index (χ0) is 28.0. The van der Waals surface area contributed by atoms with Crippen molar-refractivity contribution in [1.82, 2.24) is 0 Å². The molecule has 0 aliphatic heterocycles. The van der Waals surface area contributed by atoms with Gasteiger partial charge in [0.05, 0.1) is 21.4 Å². The number of benzene rings is 4. The minimum absolute atomic E-state index is 0.102. The third kappa shape index (κ3) is 8.65. The Morgan fingerprint density at radius 2 is 1.08 bits per heavy atom. The van der Waals surface area contributed by atoms with Gasteiger partial charge in [0.2, 0.25) is 0 Å². The van der Waals surface area contributed by atoms with Crippen molar-refractivity contribution in [2.24, 2.45) is 0 Å².